The number of amides is 1. The van der Waals surface area contributed by atoms with E-state index in [1.807, 2.05) is 0 Å². The van der Waals surface area contributed by atoms with Crippen LogP contribution >= 0.6 is 0 Å². The van der Waals surface area contributed by atoms with E-state index in [1.54, 1.807) is 25.3 Å². The van der Waals surface area contributed by atoms with Gasteiger partial charge in [0.05, 0.1) is 23.6 Å². The maximum Gasteiger partial charge on any atom is 0.253 e. The molecule has 7 nitrogen and oxygen atoms in total. The Hall–Kier alpha value is -3.29. The molecule has 2 aliphatic carbocycles. The zero-order chi connectivity index (χ0) is 21.5. The van der Waals surface area contributed by atoms with E-state index >= 15 is 0 Å². The van der Waals surface area contributed by atoms with Gasteiger partial charge in [-0.2, -0.15) is 0 Å². The van der Waals surface area contributed by atoms with E-state index < -0.39 is 0 Å². The third-order valence-corrected chi connectivity index (χ3v) is 6.45. The van der Waals surface area contributed by atoms with Crippen molar-refractivity contribution in [3.8, 4) is 11.8 Å². The van der Waals surface area contributed by atoms with Crippen LogP contribution < -0.4 is 14.8 Å². The van der Waals surface area contributed by atoms with Crippen molar-refractivity contribution in [2.45, 2.75) is 31.9 Å². The number of hydrogen-bond donors (Lipinski definition) is 1. The summed E-state index contributed by atoms with van der Waals surface area (Å²) in [4.78, 5) is 25.0. The van der Waals surface area contributed by atoms with E-state index in [2.05, 4.69) is 27.2 Å². The van der Waals surface area contributed by atoms with Gasteiger partial charge in [-0.3, -0.25) is 4.79 Å². The summed E-state index contributed by atoms with van der Waals surface area (Å²) in [7, 11) is 1.54. The van der Waals surface area contributed by atoms with Gasteiger partial charge in [0.15, 0.2) is 0 Å². The molecule has 1 N–H and O–H groups in total. The zero-order valence-corrected chi connectivity index (χ0v) is 17.3. The van der Waals surface area contributed by atoms with Gasteiger partial charge >= 0.3 is 0 Å². The molecule has 5 rings (SSSR count). The molecule has 0 bridgehead atoms. The first-order valence-electron chi connectivity index (χ1n) is 10.4. The van der Waals surface area contributed by atoms with Crippen LogP contribution in [0, 0.1) is 23.6 Å². The second kappa shape index (κ2) is 7.76. The van der Waals surface area contributed by atoms with Crippen molar-refractivity contribution in [1.29, 1.82) is 0 Å². The zero-order valence-electron chi connectivity index (χ0n) is 17.3. The van der Waals surface area contributed by atoms with Crippen LogP contribution in [0.2, 0.25) is 0 Å². The van der Waals surface area contributed by atoms with Crippen molar-refractivity contribution in [3.05, 3.63) is 54.2 Å². The summed E-state index contributed by atoms with van der Waals surface area (Å²) in [5, 5.41) is 3.69. The second-order valence-corrected chi connectivity index (χ2v) is 8.31. The van der Waals surface area contributed by atoms with Gasteiger partial charge in [-0.25, -0.2) is 19.3 Å². The molecule has 0 saturated heterocycles. The lowest BCUT2D eigenvalue weighted by Gasteiger charge is -2.20. The number of ether oxygens (including phenoxy) is 2. The van der Waals surface area contributed by atoms with Gasteiger partial charge in [0.1, 0.15) is 18.2 Å². The van der Waals surface area contributed by atoms with Gasteiger partial charge in [-0.1, -0.05) is 0 Å². The fourth-order valence-electron chi connectivity index (χ4n) is 4.96. The van der Waals surface area contributed by atoms with Crippen LogP contribution in [0.1, 0.15) is 30.1 Å². The largest absolute Gasteiger partial charge is 0.481 e. The van der Waals surface area contributed by atoms with Crippen molar-refractivity contribution in [1.82, 2.24) is 20.3 Å². The van der Waals surface area contributed by atoms with Crippen LogP contribution in [0.5, 0.6) is 11.8 Å². The number of pyridine rings is 1. The third kappa shape index (κ3) is 3.78. The molecular formula is C23H23FN4O3. The molecule has 2 fully saturated rings. The topological polar surface area (TPSA) is 86.2 Å². The molecule has 31 heavy (non-hydrogen) atoms. The monoisotopic (exact) mass is 422 g/mol. The molecule has 3 aromatic rings. The smallest absolute Gasteiger partial charge is 0.253 e. The molecule has 160 valence electrons. The highest BCUT2D eigenvalue weighted by molar-refractivity contribution is 5.94. The number of nitrogens with zero attached hydrogens (tertiary/aromatic N) is 3. The molecule has 2 aliphatic rings. The van der Waals surface area contributed by atoms with Crippen molar-refractivity contribution < 1.29 is 18.7 Å². The Morgan fingerprint density at radius 1 is 1.16 bits per heavy atom. The summed E-state index contributed by atoms with van der Waals surface area (Å²) < 4.78 is 24.8. The summed E-state index contributed by atoms with van der Waals surface area (Å²) in [5.41, 5.74) is 1.18. The second-order valence-electron chi connectivity index (χ2n) is 8.31. The number of carbonyl (C=O) groups excluding carboxylic acids is 1. The number of aromatic nitrogens is 3. The molecule has 0 radical (unpaired) electrons. The Balaban J connectivity index is 1.18. The quantitative estimate of drug-likeness (QED) is 0.655. The number of halogens is 1. The minimum absolute atomic E-state index is 0.0429. The normalized spacial score (nSPS) is 25.0. The van der Waals surface area contributed by atoms with E-state index in [-0.39, 0.29) is 23.9 Å². The average molecular weight is 422 g/mol. The number of methoxy groups -OCH3 is 1. The van der Waals surface area contributed by atoms with Crippen molar-refractivity contribution in [2.75, 3.05) is 7.11 Å². The standard InChI is InChI=1S/C23H23FN4O3/c1-12(28-22(29)13-3-6-20(30-2)25-10-13)21-16-8-15(9-17(16)21)31-23-18-7-14(24)4-5-19(18)26-11-27-23/h3-7,10-12,15-17,21H,8-9H2,1-2H3,(H,28,29). The van der Waals surface area contributed by atoms with Crippen LogP contribution in [0.15, 0.2) is 42.9 Å². The lowest BCUT2D eigenvalue weighted by atomic mass is 10.0. The lowest BCUT2D eigenvalue weighted by Crippen LogP contribution is -2.36. The van der Waals surface area contributed by atoms with Gasteiger partial charge < -0.3 is 14.8 Å². The van der Waals surface area contributed by atoms with Crippen molar-refractivity contribution >= 4 is 16.8 Å². The molecule has 3 unspecified atom stereocenters. The van der Waals surface area contributed by atoms with Gasteiger partial charge in [0.25, 0.3) is 5.91 Å². The fourth-order valence-corrected chi connectivity index (χ4v) is 4.96. The summed E-state index contributed by atoms with van der Waals surface area (Å²) in [6.45, 7) is 2.05. The highest BCUT2D eigenvalue weighted by Crippen LogP contribution is 2.59. The molecule has 2 heterocycles. The molecule has 3 atom stereocenters. The Kier molecular flexibility index (Phi) is 4.92. The molecule has 0 aliphatic heterocycles. The summed E-state index contributed by atoms with van der Waals surface area (Å²) in [6.07, 6.45) is 4.81. The molecule has 1 aromatic carbocycles. The van der Waals surface area contributed by atoms with Crippen LogP contribution in [-0.4, -0.2) is 40.1 Å². The van der Waals surface area contributed by atoms with Crippen molar-refractivity contribution in [2.24, 2.45) is 17.8 Å². The third-order valence-electron chi connectivity index (χ3n) is 6.45. The van der Waals surface area contributed by atoms with Gasteiger partial charge in [-0.15, -0.1) is 0 Å². The minimum Gasteiger partial charge on any atom is -0.481 e. The van der Waals surface area contributed by atoms with Crippen LogP contribution in [0.25, 0.3) is 10.9 Å². The number of nitrogens with one attached hydrogen (secondary N) is 1. The SMILES string of the molecule is COc1ccc(C(=O)NC(C)C2C3CC(Oc4ncnc5ccc(F)cc45)CC32)cn1. The minimum atomic E-state index is -0.335. The summed E-state index contributed by atoms with van der Waals surface area (Å²) in [5.74, 6) is 1.91. The number of rotatable bonds is 6. The molecule has 8 heteroatoms. The molecule has 2 aromatic heterocycles. The Morgan fingerprint density at radius 2 is 1.97 bits per heavy atom. The van der Waals surface area contributed by atoms with Crippen molar-refractivity contribution in [3.63, 3.8) is 0 Å². The number of hydrogen-bond acceptors (Lipinski definition) is 6. The molecule has 0 spiro atoms. The van der Waals surface area contributed by atoms with Gasteiger partial charge in [0.2, 0.25) is 11.8 Å². The Labute approximate surface area is 179 Å². The van der Waals surface area contributed by atoms with E-state index in [1.165, 1.54) is 24.7 Å². The first-order chi connectivity index (χ1) is 15.0. The maximum atomic E-state index is 13.6. The van der Waals surface area contributed by atoms with E-state index in [4.69, 9.17) is 9.47 Å². The van der Waals surface area contributed by atoms with E-state index in [9.17, 15) is 9.18 Å². The Morgan fingerprint density at radius 3 is 2.68 bits per heavy atom. The van der Waals surface area contributed by atoms with Crippen LogP contribution in [-0.2, 0) is 0 Å². The predicted octanol–water partition coefficient (Wildman–Crippen LogP) is 3.39. The lowest BCUT2D eigenvalue weighted by molar-refractivity contribution is 0.0929. The van der Waals surface area contributed by atoms with Crippen LogP contribution in [0.3, 0.4) is 0 Å². The first kappa shape index (κ1) is 19.7. The first-order valence-corrected chi connectivity index (χ1v) is 10.4. The number of benzene rings is 1. The molecule has 2 saturated carbocycles. The fraction of sp³-hybridized carbons (Fsp3) is 0.391. The van der Waals surface area contributed by atoms with E-state index in [0.29, 0.717) is 46.0 Å². The summed E-state index contributed by atoms with van der Waals surface area (Å²) >= 11 is 0. The highest BCUT2D eigenvalue weighted by Gasteiger charge is 2.58. The number of fused-ring (bicyclic) bond motifs is 2. The highest BCUT2D eigenvalue weighted by atomic mass is 19.1. The Bertz CT molecular complexity index is 1110. The molecule has 1 amide bonds. The van der Waals surface area contributed by atoms with E-state index in [0.717, 1.165) is 12.8 Å². The number of carbonyl (C=O) groups is 1. The summed E-state index contributed by atoms with van der Waals surface area (Å²) in [6, 6.07) is 7.88. The molecular weight excluding hydrogens is 399 g/mol. The predicted molar refractivity (Wildman–Crippen MR) is 111 cm³/mol. The average Bonchev–Trinajstić information content (AvgIpc) is 3.29. The van der Waals surface area contributed by atoms with Crippen LogP contribution in [0.4, 0.5) is 4.39 Å². The van der Waals surface area contributed by atoms with Gasteiger partial charge in [0, 0.05) is 18.3 Å². The van der Waals surface area contributed by atoms with Gasteiger partial charge in [-0.05, 0) is 61.8 Å². The maximum absolute atomic E-state index is 13.6.